The Hall–Kier alpha value is -2.57. The van der Waals surface area contributed by atoms with Gasteiger partial charge in [0.2, 0.25) is 5.82 Å². The molecule has 0 saturated carbocycles. The van der Waals surface area contributed by atoms with Crippen LogP contribution in [-0.2, 0) is 13.5 Å². The molecule has 0 bridgehead atoms. The summed E-state index contributed by atoms with van der Waals surface area (Å²) in [6.45, 7) is 0.479. The average molecular weight is 274 g/mol. The molecular weight excluding hydrogens is 260 g/mol. The summed E-state index contributed by atoms with van der Waals surface area (Å²) in [6, 6.07) is 7.86. The van der Waals surface area contributed by atoms with Crippen LogP contribution < -0.4 is 10.1 Å². The lowest BCUT2D eigenvalue weighted by Crippen LogP contribution is -2.24. The summed E-state index contributed by atoms with van der Waals surface area (Å²) < 4.78 is 7.19. The van der Waals surface area contributed by atoms with Crippen molar-refractivity contribution < 1.29 is 9.66 Å². The predicted octanol–water partition coefficient (Wildman–Crippen LogP) is 1.74. The lowest BCUT2D eigenvalue weighted by atomic mass is 10.1. The van der Waals surface area contributed by atoms with E-state index in [2.05, 4.69) is 10.4 Å². The second-order valence-corrected chi connectivity index (χ2v) is 4.73. The number of para-hydroxylation sites is 1. The van der Waals surface area contributed by atoms with Gasteiger partial charge >= 0.3 is 5.69 Å². The van der Waals surface area contributed by atoms with E-state index in [0.29, 0.717) is 6.54 Å². The highest BCUT2D eigenvalue weighted by Gasteiger charge is 2.24. The molecule has 1 unspecified atom stereocenters. The molecule has 1 aliphatic heterocycles. The SMILES string of the molecule is Cn1cc([N+](=O)[O-])c(NCC2Cc3ccccc3O2)n1. The summed E-state index contributed by atoms with van der Waals surface area (Å²) in [6.07, 6.45) is 2.14. The van der Waals surface area contributed by atoms with Crippen LogP contribution in [0.2, 0.25) is 0 Å². The Morgan fingerprint density at radius 1 is 1.55 bits per heavy atom. The van der Waals surface area contributed by atoms with Gasteiger partial charge in [0.05, 0.1) is 11.5 Å². The lowest BCUT2D eigenvalue weighted by molar-refractivity contribution is -0.384. The van der Waals surface area contributed by atoms with E-state index in [0.717, 1.165) is 17.7 Å². The van der Waals surface area contributed by atoms with E-state index < -0.39 is 4.92 Å². The highest BCUT2D eigenvalue weighted by atomic mass is 16.6. The molecule has 0 saturated heterocycles. The molecule has 1 atom stereocenters. The monoisotopic (exact) mass is 274 g/mol. The Labute approximate surface area is 115 Å². The first-order valence-electron chi connectivity index (χ1n) is 6.30. The normalized spacial score (nSPS) is 16.6. The zero-order valence-electron chi connectivity index (χ0n) is 10.9. The van der Waals surface area contributed by atoms with Gasteiger partial charge in [0.25, 0.3) is 0 Å². The minimum Gasteiger partial charge on any atom is -0.488 e. The number of ether oxygens (including phenoxy) is 1. The van der Waals surface area contributed by atoms with E-state index in [4.69, 9.17) is 4.74 Å². The summed E-state index contributed by atoms with van der Waals surface area (Å²) in [4.78, 5) is 10.4. The van der Waals surface area contributed by atoms with Crippen LogP contribution in [0.25, 0.3) is 0 Å². The average Bonchev–Trinajstić information content (AvgIpc) is 2.99. The van der Waals surface area contributed by atoms with Gasteiger partial charge in [0, 0.05) is 13.5 Å². The smallest absolute Gasteiger partial charge is 0.330 e. The van der Waals surface area contributed by atoms with E-state index in [1.807, 2.05) is 24.3 Å². The third-order valence-electron chi connectivity index (χ3n) is 3.22. The Morgan fingerprint density at radius 3 is 3.10 bits per heavy atom. The van der Waals surface area contributed by atoms with E-state index in [1.54, 1.807) is 7.05 Å². The van der Waals surface area contributed by atoms with Crippen molar-refractivity contribution in [3.63, 3.8) is 0 Å². The first-order chi connectivity index (χ1) is 9.63. The van der Waals surface area contributed by atoms with Gasteiger partial charge in [-0.2, -0.15) is 0 Å². The van der Waals surface area contributed by atoms with Crippen molar-refractivity contribution in [1.29, 1.82) is 0 Å². The first kappa shape index (κ1) is 12.5. The van der Waals surface area contributed by atoms with Crippen molar-refractivity contribution in [3.8, 4) is 5.75 Å². The number of aromatic nitrogens is 2. The maximum absolute atomic E-state index is 10.9. The first-order valence-corrected chi connectivity index (χ1v) is 6.30. The molecule has 1 aromatic heterocycles. The second kappa shape index (κ2) is 4.84. The minimum atomic E-state index is -0.445. The Balaban J connectivity index is 1.66. The quantitative estimate of drug-likeness (QED) is 0.678. The number of hydrogen-bond acceptors (Lipinski definition) is 5. The number of aryl methyl sites for hydroxylation is 1. The van der Waals surface area contributed by atoms with Gasteiger partial charge in [-0.25, -0.2) is 0 Å². The highest BCUT2D eigenvalue weighted by molar-refractivity contribution is 5.54. The number of nitrogens with zero attached hydrogens (tertiary/aromatic N) is 3. The molecule has 0 fully saturated rings. The Kier molecular flexibility index (Phi) is 3.02. The third kappa shape index (κ3) is 2.29. The Morgan fingerprint density at radius 2 is 2.35 bits per heavy atom. The molecule has 0 radical (unpaired) electrons. The number of hydrogen-bond donors (Lipinski definition) is 1. The molecule has 0 spiro atoms. The third-order valence-corrected chi connectivity index (χ3v) is 3.22. The van der Waals surface area contributed by atoms with Crippen molar-refractivity contribution in [2.45, 2.75) is 12.5 Å². The molecule has 7 nitrogen and oxygen atoms in total. The number of anilines is 1. The van der Waals surface area contributed by atoms with E-state index >= 15 is 0 Å². The van der Waals surface area contributed by atoms with Crippen LogP contribution in [0.1, 0.15) is 5.56 Å². The van der Waals surface area contributed by atoms with Crippen molar-refractivity contribution in [2.24, 2.45) is 7.05 Å². The summed E-state index contributed by atoms with van der Waals surface area (Å²) in [7, 11) is 1.65. The van der Waals surface area contributed by atoms with Gasteiger partial charge < -0.3 is 10.1 Å². The van der Waals surface area contributed by atoms with Gasteiger partial charge in [-0.05, 0) is 11.6 Å². The maximum atomic E-state index is 10.9. The predicted molar refractivity (Wildman–Crippen MR) is 72.9 cm³/mol. The molecule has 3 rings (SSSR count). The van der Waals surface area contributed by atoms with Gasteiger partial charge in [0.1, 0.15) is 18.1 Å². The van der Waals surface area contributed by atoms with Gasteiger partial charge in [-0.1, -0.05) is 18.2 Å². The zero-order chi connectivity index (χ0) is 14.1. The van der Waals surface area contributed by atoms with Crippen LogP contribution in [0.3, 0.4) is 0 Å². The lowest BCUT2D eigenvalue weighted by Gasteiger charge is -2.10. The fraction of sp³-hybridized carbons (Fsp3) is 0.308. The summed E-state index contributed by atoms with van der Waals surface area (Å²) in [5, 5.41) is 17.9. The molecule has 1 aliphatic rings. The highest BCUT2D eigenvalue weighted by Crippen LogP contribution is 2.29. The van der Waals surface area contributed by atoms with Crippen molar-refractivity contribution in [1.82, 2.24) is 9.78 Å². The van der Waals surface area contributed by atoms with Crippen molar-refractivity contribution >= 4 is 11.5 Å². The van der Waals surface area contributed by atoms with Gasteiger partial charge in [-0.15, -0.1) is 5.10 Å². The van der Waals surface area contributed by atoms with Crippen LogP contribution >= 0.6 is 0 Å². The van der Waals surface area contributed by atoms with Crippen LogP contribution in [0.5, 0.6) is 5.75 Å². The fourth-order valence-electron chi connectivity index (χ4n) is 2.31. The summed E-state index contributed by atoms with van der Waals surface area (Å²) in [5.74, 6) is 1.16. The second-order valence-electron chi connectivity index (χ2n) is 4.73. The maximum Gasteiger partial charge on any atom is 0.330 e. The summed E-state index contributed by atoms with van der Waals surface area (Å²) in [5.41, 5.74) is 1.14. The molecule has 104 valence electrons. The molecule has 1 aromatic carbocycles. The molecular formula is C13H14N4O3. The van der Waals surface area contributed by atoms with Crippen LogP contribution in [0, 0.1) is 10.1 Å². The number of benzene rings is 1. The number of nitro groups is 1. The number of fused-ring (bicyclic) bond motifs is 1. The standard InChI is InChI=1S/C13H14N4O3/c1-16-8-11(17(18)19)13(15-16)14-7-10-6-9-4-2-3-5-12(9)20-10/h2-5,8,10H,6-7H2,1H3,(H,14,15). The molecule has 2 aromatic rings. The molecule has 0 amide bonds. The molecule has 0 aliphatic carbocycles. The van der Waals surface area contributed by atoms with Crippen molar-refractivity contribution in [2.75, 3.05) is 11.9 Å². The topological polar surface area (TPSA) is 82.2 Å². The van der Waals surface area contributed by atoms with E-state index in [9.17, 15) is 10.1 Å². The van der Waals surface area contributed by atoms with Crippen LogP contribution in [0.15, 0.2) is 30.5 Å². The molecule has 1 N–H and O–H groups in total. The molecule has 7 heteroatoms. The number of nitrogens with one attached hydrogen (secondary N) is 1. The summed E-state index contributed by atoms with van der Waals surface area (Å²) >= 11 is 0. The molecule has 2 heterocycles. The number of rotatable bonds is 4. The van der Waals surface area contributed by atoms with Gasteiger partial charge in [0.15, 0.2) is 0 Å². The van der Waals surface area contributed by atoms with Crippen molar-refractivity contribution in [3.05, 3.63) is 46.1 Å². The largest absolute Gasteiger partial charge is 0.488 e. The molecule has 20 heavy (non-hydrogen) atoms. The fourth-order valence-corrected chi connectivity index (χ4v) is 2.31. The minimum absolute atomic E-state index is 0.0250. The van der Waals surface area contributed by atoms with Crippen LogP contribution in [-0.4, -0.2) is 27.4 Å². The Bertz CT molecular complexity index is 628. The van der Waals surface area contributed by atoms with E-state index in [-0.39, 0.29) is 17.6 Å². The van der Waals surface area contributed by atoms with Gasteiger partial charge in [-0.3, -0.25) is 14.8 Å². The van der Waals surface area contributed by atoms with E-state index in [1.165, 1.54) is 10.9 Å². The zero-order valence-corrected chi connectivity index (χ0v) is 10.9. The van der Waals surface area contributed by atoms with Crippen LogP contribution in [0.4, 0.5) is 11.5 Å².